The fourth-order valence-corrected chi connectivity index (χ4v) is 2.17. The SMILES string of the molecule is NC(=O)C(NC(=O)c1csc(=O)[nH]1)c1ccccc1F. The molecule has 0 bridgehead atoms. The summed E-state index contributed by atoms with van der Waals surface area (Å²) in [6.07, 6.45) is 0. The zero-order chi connectivity index (χ0) is 14.7. The van der Waals surface area contributed by atoms with Crippen molar-refractivity contribution < 1.29 is 14.0 Å². The van der Waals surface area contributed by atoms with Crippen LogP contribution in [0.5, 0.6) is 0 Å². The highest BCUT2D eigenvalue weighted by Crippen LogP contribution is 2.17. The Balaban J connectivity index is 2.27. The van der Waals surface area contributed by atoms with Gasteiger partial charge in [-0.25, -0.2) is 4.39 Å². The van der Waals surface area contributed by atoms with Crippen molar-refractivity contribution in [2.24, 2.45) is 5.73 Å². The molecule has 1 aromatic carbocycles. The van der Waals surface area contributed by atoms with E-state index in [-0.39, 0.29) is 11.3 Å². The molecule has 0 saturated carbocycles. The maximum Gasteiger partial charge on any atom is 0.305 e. The van der Waals surface area contributed by atoms with Crippen LogP contribution in [0.15, 0.2) is 34.4 Å². The van der Waals surface area contributed by atoms with Crippen molar-refractivity contribution >= 4 is 23.2 Å². The Morgan fingerprint density at radius 2 is 2.05 bits per heavy atom. The minimum atomic E-state index is -1.31. The summed E-state index contributed by atoms with van der Waals surface area (Å²) in [6.45, 7) is 0. The first-order valence-electron chi connectivity index (χ1n) is 5.51. The normalized spacial score (nSPS) is 11.8. The lowest BCUT2D eigenvalue weighted by molar-refractivity contribution is -0.120. The molecule has 20 heavy (non-hydrogen) atoms. The molecule has 4 N–H and O–H groups in total. The van der Waals surface area contributed by atoms with Gasteiger partial charge in [0.15, 0.2) is 0 Å². The highest BCUT2D eigenvalue weighted by atomic mass is 32.1. The Morgan fingerprint density at radius 1 is 1.35 bits per heavy atom. The van der Waals surface area contributed by atoms with Crippen LogP contribution in [-0.4, -0.2) is 16.8 Å². The van der Waals surface area contributed by atoms with E-state index in [2.05, 4.69) is 10.3 Å². The molecule has 0 aliphatic carbocycles. The Hall–Kier alpha value is -2.48. The zero-order valence-corrected chi connectivity index (χ0v) is 10.9. The summed E-state index contributed by atoms with van der Waals surface area (Å²) in [5.41, 5.74) is 5.13. The monoisotopic (exact) mass is 295 g/mol. The molecule has 0 fully saturated rings. The average Bonchev–Trinajstić information content (AvgIpc) is 2.83. The predicted octanol–water partition coefficient (Wildman–Crippen LogP) is 0.532. The fourth-order valence-electron chi connectivity index (χ4n) is 1.61. The largest absolute Gasteiger partial charge is 0.368 e. The fraction of sp³-hybridized carbons (Fsp3) is 0.0833. The summed E-state index contributed by atoms with van der Waals surface area (Å²) in [5, 5.41) is 3.59. The van der Waals surface area contributed by atoms with Crippen LogP contribution in [0.1, 0.15) is 22.1 Å². The van der Waals surface area contributed by atoms with Gasteiger partial charge < -0.3 is 16.0 Å². The molecule has 0 saturated heterocycles. The summed E-state index contributed by atoms with van der Waals surface area (Å²) in [5.74, 6) is -2.27. The minimum Gasteiger partial charge on any atom is -0.368 e. The summed E-state index contributed by atoms with van der Waals surface area (Å²) >= 11 is 0.805. The number of primary amides is 1. The number of benzene rings is 1. The molecular formula is C12H10FN3O3S. The van der Waals surface area contributed by atoms with Crippen molar-refractivity contribution in [3.8, 4) is 0 Å². The number of nitrogens with two attached hydrogens (primary N) is 1. The lowest BCUT2D eigenvalue weighted by Crippen LogP contribution is -2.38. The number of hydrogen-bond acceptors (Lipinski definition) is 4. The van der Waals surface area contributed by atoms with Crippen molar-refractivity contribution in [2.75, 3.05) is 0 Å². The quantitative estimate of drug-likeness (QED) is 0.766. The number of carbonyl (C=O) groups excluding carboxylic acids is 2. The van der Waals surface area contributed by atoms with E-state index in [1.54, 1.807) is 0 Å². The van der Waals surface area contributed by atoms with Crippen molar-refractivity contribution in [3.63, 3.8) is 0 Å². The van der Waals surface area contributed by atoms with Crippen LogP contribution in [0.2, 0.25) is 0 Å². The van der Waals surface area contributed by atoms with Gasteiger partial charge in [0.05, 0.1) is 0 Å². The third kappa shape index (κ3) is 2.91. The van der Waals surface area contributed by atoms with E-state index in [1.807, 2.05) is 0 Å². The third-order valence-electron chi connectivity index (χ3n) is 2.54. The second kappa shape index (κ2) is 5.66. The second-order valence-electron chi connectivity index (χ2n) is 3.89. The van der Waals surface area contributed by atoms with Gasteiger partial charge in [0.1, 0.15) is 17.6 Å². The number of amides is 2. The summed E-state index contributed by atoms with van der Waals surface area (Å²) in [4.78, 5) is 36.1. The first kappa shape index (κ1) is 13.9. The highest BCUT2D eigenvalue weighted by molar-refractivity contribution is 7.07. The van der Waals surface area contributed by atoms with Crippen molar-refractivity contribution in [1.29, 1.82) is 0 Å². The Labute approximate surface area is 116 Å². The molecule has 1 aromatic heterocycles. The topological polar surface area (TPSA) is 105 Å². The number of H-pyrrole nitrogens is 1. The number of rotatable bonds is 4. The predicted molar refractivity (Wildman–Crippen MR) is 70.7 cm³/mol. The van der Waals surface area contributed by atoms with Crippen LogP contribution >= 0.6 is 11.3 Å². The van der Waals surface area contributed by atoms with Crippen molar-refractivity contribution in [2.45, 2.75) is 6.04 Å². The van der Waals surface area contributed by atoms with Gasteiger partial charge in [0, 0.05) is 10.9 Å². The number of halogens is 1. The molecular weight excluding hydrogens is 285 g/mol. The molecule has 1 atom stereocenters. The van der Waals surface area contributed by atoms with Crippen molar-refractivity contribution in [1.82, 2.24) is 10.3 Å². The lowest BCUT2D eigenvalue weighted by Gasteiger charge is -2.15. The Kier molecular flexibility index (Phi) is 3.94. The van der Waals surface area contributed by atoms with E-state index in [0.717, 1.165) is 17.4 Å². The van der Waals surface area contributed by atoms with Crippen LogP contribution in [0.25, 0.3) is 0 Å². The molecule has 1 heterocycles. The third-order valence-corrected chi connectivity index (χ3v) is 3.21. The summed E-state index contributed by atoms with van der Waals surface area (Å²) in [6, 6.07) is 4.17. The number of nitrogens with one attached hydrogen (secondary N) is 2. The average molecular weight is 295 g/mol. The number of aromatic nitrogens is 1. The van der Waals surface area contributed by atoms with E-state index in [0.29, 0.717) is 0 Å². The first-order valence-corrected chi connectivity index (χ1v) is 6.39. The lowest BCUT2D eigenvalue weighted by atomic mass is 10.1. The molecule has 8 heteroatoms. The Morgan fingerprint density at radius 3 is 2.60 bits per heavy atom. The highest BCUT2D eigenvalue weighted by Gasteiger charge is 2.24. The maximum atomic E-state index is 13.6. The van der Waals surface area contributed by atoms with Gasteiger partial charge >= 0.3 is 4.87 Å². The summed E-state index contributed by atoms with van der Waals surface area (Å²) in [7, 11) is 0. The standard InChI is InChI=1S/C12H10FN3O3S/c13-7-4-2-1-3-6(7)9(10(14)17)16-11(18)8-5-20-12(19)15-8/h1-5,9H,(H2,14,17)(H,15,19)(H,16,18). The number of aromatic amines is 1. The molecule has 0 aliphatic rings. The van der Waals surface area contributed by atoms with E-state index in [4.69, 9.17) is 5.73 Å². The van der Waals surface area contributed by atoms with Gasteiger partial charge in [-0.15, -0.1) is 0 Å². The van der Waals surface area contributed by atoms with Crippen LogP contribution in [-0.2, 0) is 4.79 Å². The molecule has 6 nitrogen and oxygen atoms in total. The van der Waals surface area contributed by atoms with Crippen LogP contribution in [0, 0.1) is 5.82 Å². The smallest absolute Gasteiger partial charge is 0.305 e. The van der Waals surface area contributed by atoms with Gasteiger partial charge in [-0.05, 0) is 6.07 Å². The van der Waals surface area contributed by atoms with E-state index < -0.39 is 28.5 Å². The van der Waals surface area contributed by atoms with Crippen LogP contribution < -0.4 is 15.9 Å². The zero-order valence-electron chi connectivity index (χ0n) is 10.1. The summed E-state index contributed by atoms with van der Waals surface area (Å²) < 4.78 is 13.6. The molecule has 2 rings (SSSR count). The van der Waals surface area contributed by atoms with Crippen LogP contribution in [0.4, 0.5) is 4.39 Å². The van der Waals surface area contributed by atoms with Gasteiger partial charge in [0.2, 0.25) is 5.91 Å². The van der Waals surface area contributed by atoms with E-state index in [9.17, 15) is 18.8 Å². The number of thiazole rings is 1. The van der Waals surface area contributed by atoms with E-state index in [1.165, 1.54) is 23.6 Å². The minimum absolute atomic E-state index is 0.0115. The molecule has 104 valence electrons. The van der Waals surface area contributed by atoms with Gasteiger partial charge in [0.25, 0.3) is 5.91 Å². The molecule has 2 aromatic rings. The number of carbonyl (C=O) groups is 2. The van der Waals surface area contributed by atoms with Gasteiger partial charge in [-0.3, -0.25) is 14.4 Å². The molecule has 1 unspecified atom stereocenters. The molecule has 0 aliphatic heterocycles. The number of hydrogen-bond donors (Lipinski definition) is 3. The second-order valence-corrected chi connectivity index (χ2v) is 4.73. The van der Waals surface area contributed by atoms with Gasteiger partial charge in [-0.2, -0.15) is 0 Å². The maximum absolute atomic E-state index is 13.6. The molecule has 0 spiro atoms. The molecule has 0 radical (unpaired) electrons. The first-order chi connectivity index (χ1) is 9.49. The van der Waals surface area contributed by atoms with Crippen molar-refractivity contribution in [3.05, 3.63) is 56.4 Å². The van der Waals surface area contributed by atoms with Gasteiger partial charge in [-0.1, -0.05) is 29.5 Å². The Bertz CT molecular complexity index is 710. The van der Waals surface area contributed by atoms with Crippen LogP contribution in [0.3, 0.4) is 0 Å². The van der Waals surface area contributed by atoms with E-state index >= 15 is 0 Å². The molecule has 2 amide bonds.